The summed E-state index contributed by atoms with van der Waals surface area (Å²) in [5, 5.41) is 0. The highest BCUT2D eigenvalue weighted by Gasteiger charge is 2.36. The van der Waals surface area contributed by atoms with Crippen LogP contribution in [-0.2, 0) is 17.4 Å². The van der Waals surface area contributed by atoms with Gasteiger partial charge in [-0.15, -0.1) is 0 Å². The number of alkyl halides is 3. The zero-order valence-electron chi connectivity index (χ0n) is 17.4. The standard InChI is InChI=1S/C26H23F4NO/c27-22-11-9-20(10-12-22)19-7-5-18(6-8-19)17-25(32)31-15-13-21(14-16-31)23-3-1-2-4-24(23)26(28,29)30/h1-12,21H,13-17H2. The molecule has 1 fully saturated rings. The van der Waals surface area contributed by atoms with E-state index in [9.17, 15) is 22.4 Å². The molecule has 1 amide bonds. The maximum atomic E-state index is 13.3. The number of nitrogens with zero attached hydrogens (tertiary/aromatic N) is 1. The van der Waals surface area contributed by atoms with E-state index in [-0.39, 0.29) is 24.1 Å². The molecule has 1 aliphatic heterocycles. The number of piperidine rings is 1. The molecule has 0 spiro atoms. The number of carbonyl (C=O) groups excluding carboxylic acids is 1. The van der Waals surface area contributed by atoms with Gasteiger partial charge in [0.05, 0.1) is 12.0 Å². The van der Waals surface area contributed by atoms with Gasteiger partial charge in [-0.25, -0.2) is 4.39 Å². The molecule has 32 heavy (non-hydrogen) atoms. The van der Waals surface area contributed by atoms with Crippen LogP contribution in [0.3, 0.4) is 0 Å². The lowest BCUT2D eigenvalue weighted by atomic mass is 9.86. The normalized spacial score (nSPS) is 15.1. The summed E-state index contributed by atoms with van der Waals surface area (Å²) in [5.41, 5.74) is 2.44. The molecule has 2 nitrogen and oxygen atoms in total. The lowest BCUT2D eigenvalue weighted by Crippen LogP contribution is -2.39. The van der Waals surface area contributed by atoms with E-state index >= 15 is 0 Å². The summed E-state index contributed by atoms with van der Waals surface area (Å²) in [6.07, 6.45) is -3.10. The summed E-state index contributed by atoms with van der Waals surface area (Å²) in [6, 6.07) is 19.5. The van der Waals surface area contributed by atoms with Crippen LogP contribution in [0.4, 0.5) is 17.6 Å². The van der Waals surface area contributed by atoms with Crippen molar-refractivity contribution >= 4 is 5.91 Å². The third-order valence-corrected chi connectivity index (χ3v) is 6.04. The molecule has 3 aromatic rings. The molecule has 0 unspecified atom stereocenters. The molecule has 0 saturated carbocycles. The Balaban J connectivity index is 1.36. The van der Waals surface area contributed by atoms with Crippen LogP contribution in [0.1, 0.15) is 35.4 Å². The van der Waals surface area contributed by atoms with Crippen molar-refractivity contribution in [3.8, 4) is 11.1 Å². The smallest absolute Gasteiger partial charge is 0.342 e. The van der Waals surface area contributed by atoms with Crippen LogP contribution < -0.4 is 0 Å². The van der Waals surface area contributed by atoms with Crippen LogP contribution in [0.5, 0.6) is 0 Å². The average molecular weight is 441 g/mol. The number of benzene rings is 3. The SMILES string of the molecule is O=C(Cc1ccc(-c2ccc(F)cc2)cc1)N1CCC(c2ccccc2C(F)(F)F)CC1. The highest BCUT2D eigenvalue weighted by atomic mass is 19.4. The maximum Gasteiger partial charge on any atom is 0.416 e. The molecular weight excluding hydrogens is 418 g/mol. The summed E-state index contributed by atoms with van der Waals surface area (Å²) >= 11 is 0. The fourth-order valence-corrected chi connectivity index (χ4v) is 4.29. The molecule has 0 atom stereocenters. The first kappa shape index (κ1) is 22.1. The number of likely N-dealkylation sites (tertiary alicyclic amines) is 1. The molecule has 1 heterocycles. The topological polar surface area (TPSA) is 20.3 Å². The minimum absolute atomic E-state index is 0.0258. The van der Waals surface area contributed by atoms with Gasteiger partial charge in [0.25, 0.3) is 0 Å². The van der Waals surface area contributed by atoms with Gasteiger partial charge >= 0.3 is 6.18 Å². The van der Waals surface area contributed by atoms with Gasteiger partial charge in [0.1, 0.15) is 5.82 Å². The Kier molecular flexibility index (Phi) is 6.31. The van der Waals surface area contributed by atoms with Crippen molar-refractivity contribution in [2.75, 3.05) is 13.1 Å². The maximum absolute atomic E-state index is 13.3. The van der Waals surface area contributed by atoms with Gasteiger partial charge in [-0.2, -0.15) is 13.2 Å². The van der Waals surface area contributed by atoms with E-state index in [1.54, 1.807) is 29.2 Å². The van der Waals surface area contributed by atoms with Crippen LogP contribution >= 0.6 is 0 Å². The third-order valence-electron chi connectivity index (χ3n) is 6.04. The van der Waals surface area contributed by atoms with E-state index in [1.807, 2.05) is 24.3 Å². The molecule has 1 aliphatic rings. The highest BCUT2D eigenvalue weighted by molar-refractivity contribution is 5.79. The Labute approximate surface area is 184 Å². The average Bonchev–Trinajstić information content (AvgIpc) is 2.80. The van der Waals surface area contributed by atoms with Gasteiger partial charge in [-0.05, 0) is 59.2 Å². The van der Waals surface area contributed by atoms with Crippen molar-refractivity contribution in [3.63, 3.8) is 0 Å². The van der Waals surface area contributed by atoms with Gasteiger partial charge in [-0.1, -0.05) is 54.6 Å². The van der Waals surface area contributed by atoms with Crippen molar-refractivity contribution in [1.82, 2.24) is 4.90 Å². The Morgan fingerprint density at radius 1 is 0.844 bits per heavy atom. The molecule has 0 bridgehead atoms. The lowest BCUT2D eigenvalue weighted by Gasteiger charge is -2.33. The molecule has 3 aromatic carbocycles. The number of rotatable bonds is 4. The molecule has 1 saturated heterocycles. The van der Waals surface area contributed by atoms with E-state index in [4.69, 9.17) is 0 Å². The second-order valence-corrected chi connectivity index (χ2v) is 8.12. The lowest BCUT2D eigenvalue weighted by molar-refractivity contribution is -0.139. The molecule has 166 valence electrons. The van der Waals surface area contributed by atoms with Gasteiger partial charge in [0.15, 0.2) is 0 Å². The summed E-state index contributed by atoms with van der Waals surface area (Å²) in [7, 11) is 0. The quantitative estimate of drug-likeness (QED) is 0.426. The van der Waals surface area contributed by atoms with E-state index in [1.165, 1.54) is 18.2 Å². The molecule has 0 radical (unpaired) electrons. The first-order chi connectivity index (χ1) is 15.3. The molecule has 4 rings (SSSR count). The largest absolute Gasteiger partial charge is 0.416 e. The fraction of sp³-hybridized carbons (Fsp3) is 0.269. The first-order valence-electron chi connectivity index (χ1n) is 10.6. The predicted octanol–water partition coefficient (Wildman–Crippen LogP) is 6.46. The number of hydrogen-bond donors (Lipinski definition) is 0. The first-order valence-corrected chi connectivity index (χ1v) is 10.6. The summed E-state index contributed by atoms with van der Waals surface area (Å²) < 4.78 is 53.1. The van der Waals surface area contributed by atoms with E-state index in [0.717, 1.165) is 22.8 Å². The molecular formula is C26H23F4NO. The van der Waals surface area contributed by atoms with Crippen LogP contribution in [0.2, 0.25) is 0 Å². The Bertz CT molecular complexity index is 1070. The zero-order valence-corrected chi connectivity index (χ0v) is 17.4. The van der Waals surface area contributed by atoms with Crippen molar-refractivity contribution in [2.24, 2.45) is 0 Å². The Morgan fingerprint density at radius 3 is 2.00 bits per heavy atom. The minimum atomic E-state index is -4.37. The summed E-state index contributed by atoms with van der Waals surface area (Å²) in [6.45, 7) is 0.896. The second kappa shape index (κ2) is 9.15. The highest BCUT2D eigenvalue weighted by Crippen LogP contribution is 2.38. The van der Waals surface area contributed by atoms with Crippen molar-refractivity contribution < 1.29 is 22.4 Å². The number of halogens is 4. The third kappa shape index (κ3) is 5.01. The van der Waals surface area contributed by atoms with E-state index in [0.29, 0.717) is 31.5 Å². The van der Waals surface area contributed by atoms with Crippen LogP contribution in [0.25, 0.3) is 11.1 Å². The van der Waals surface area contributed by atoms with Gasteiger partial charge < -0.3 is 4.90 Å². The molecule has 0 aromatic heterocycles. The van der Waals surface area contributed by atoms with Crippen LogP contribution in [0.15, 0.2) is 72.8 Å². The van der Waals surface area contributed by atoms with Crippen molar-refractivity contribution in [3.05, 3.63) is 95.3 Å². The number of carbonyl (C=O) groups is 1. The number of hydrogen-bond acceptors (Lipinski definition) is 1. The molecule has 0 N–H and O–H groups in total. The van der Waals surface area contributed by atoms with Crippen molar-refractivity contribution in [1.29, 1.82) is 0 Å². The van der Waals surface area contributed by atoms with Crippen LogP contribution in [-0.4, -0.2) is 23.9 Å². The monoisotopic (exact) mass is 441 g/mol. The van der Waals surface area contributed by atoms with Gasteiger partial charge in [-0.3, -0.25) is 4.79 Å². The summed E-state index contributed by atoms with van der Waals surface area (Å²) in [4.78, 5) is 14.5. The predicted molar refractivity (Wildman–Crippen MR) is 116 cm³/mol. The molecule has 0 aliphatic carbocycles. The minimum Gasteiger partial charge on any atom is -0.342 e. The van der Waals surface area contributed by atoms with Gasteiger partial charge in [0, 0.05) is 13.1 Å². The Morgan fingerprint density at radius 2 is 1.41 bits per heavy atom. The van der Waals surface area contributed by atoms with Crippen molar-refractivity contribution in [2.45, 2.75) is 31.4 Å². The van der Waals surface area contributed by atoms with Crippen LogP contribution in [0, 0.1) is 5.82 Å². The Hall–Kier alpha value is -3.15. The fourth-order valence-electron chi connectivity index (χ4n) is 4.29. The van der Waals surface area contributed by atoms with E-state index in [2.05, 4.69) is 0 Å². The number of amides is 1. The van der Waals surface area contributed by atoms with Gasteiger partial charge in [0.2, 0.25) is 5.91 Å². The zero-order chi connectivity index (χ0) is 22.7. The van der Waals surface area contributed by atoms with E-state index < -0.39 is 11.7 Å². The molecule has 6 heteroatoms. The summed E-state index contributed by atoms with van der Waals surface area (Å²) in [5.74, 6) is -0.518. The second-order valence-electron chi connectivity index (χ2n) is 8.12.